The maximum Gasteiger partial charge on any atom is 0.191 e. The second kappa shape index (κ2) is 9.59. The van der Waals surface area contributed by atoms with Crippen LogP contribution in [0, 0.1) is 0 Å². The van der Waals surface area contributed by atoms with E-state index in [1.165, 1.54) is 12.0 Å². The van der Waals surface area contributed by atoms with Crippen LogP contribution in [-0.4, -0.2) is 33.8 Å². The monoisotopic (exact) mass is 410 g/mol. The molecule has 0 aliphatic carbocycles. The van der Waals surface area contributed by atoms with E-state index in [1.54, 1.807) is 11.8 Å². The number of unbranched alkanes of at least 4 members (excludes halogenated alkanes) is 1. The smallest absolute Gasteiger partial charge is 0.191 e. The predicted octanol–water partition coefficient (Wildman–Crippen LogP) is 5.15. The van der Waals surface area contributed by atoms with Crippen molar-refractivity contribution in [1.29, 1.82) is 0 Å². The minimum absolute atomic E-state index is 0.316. The molecule has 0 radical (unpaired) electrons. The first-order valence-corrected chi connectivity index (χ1v) is 10.3. The molecule has 1 atom stereocenters. The standard InChI is InChI=1S/C18H27BrN4S/c1-5-7-12-23-17(16(6-2)22(3)4)20-21-18(23)24-13-14-8-10-15(19)11-9-14/h8-11,16H,5-7,12-13H2,1-4H3. The second-order valence-electron chi connectivity index (χ2n) is 6.15. The van der Waals surface area contributed by atoms with Gasteiger partial charge in [0.25, 0.3) is 0 Å². The molecule has 0 fully saturated rings. The number of nitrogens with zero attached hydrogens (tertiary/aromatic N) is 4. The Morgan fingerprint density at radius 2 is 1.88 bits per heavy atom. The summed E-state index contributed by atoms with van der Waals surface area (Å²) in [5.74, 6) is 2.00. The van der Waals surface area contributed by atoms with Crippen molar-refractivity contribution in [3.63, 3.8) is 0 Å². The van der Waals surface area contributed by atoms with Crippen molar-refractivity contribution in [2.45, 2.75) is 56.6 Å². The first-order chi connectivity index (χ1) is 11.6. The van der Waals surface area contributed by atoms with Gasteiger partial charge in [-0.25, -0.2) is 0 Å². The Kier molecular flexibility index (Phi) is 7.78. The van der Waals surface area contributed by atoms with Crippen LogP contribution in [0.5, 0.6) is 0 Å². The molecular formula is C18H27BrN4S. The third-order valence-electron chi connectivity index (χ3n) is 4.07. The molecule has 0 saturated heterocycles. The summed E-state index contributed by atoms with van der Waals surface area (Å²) in [6, 6.07) is 8.79. The third-order valence-corrected chi connectivity index (χ3v) is 5.64. The lowest BCUT2D eigenvalue weighted by Gasteiger charge is -2.23. The Bertz CT molecular complexity index is 624. The SMILES string of the molecule is CCCCn1c(SCc2ccc(Br)cc2)nnc1C(CC)N(C)C. The molecule has 1 aromatic carbocycles. The van der Waals surface area contributed by atoms with Gasteiger partial charge >= 0.3 is 0 Å². The molecule has 0 aliphatic rings. The molecule has 0 amide bonds. The fourth-order valence-electron chi connectivity index (χ4n) is 2.69. The molecule has 2 rings (SSSR count). The summed E-state index contributed by atoms with van der Waals surface area (Å²) in [4.78, 5) is 2.23. The average Bonchev–Trinajstić information content (AvgIpc) is 2.95. The molecule has 4 nitrogen and oxygen atoms in total. The largest absolute Gasteiger partial charge is 0.305 e. The number of rotatable bonds is 9. The summed E-state index contributed by atoms with van der Waals surface area (Å²) in [6.45, 7) is 5.42. The van der Waals surface area contributed by atoms with Gasteiger partial charge in [-0.3, -0.25) is 4.90 Å². The van der Waals surface area contributed by atoms with E-state index in [9.17, 15) is 0 Å². The van der Waals surface area contributed by atoms with Gasteiger partial charge in [0.15, 0.2) is 11.0 Å². The lowest BCUT2D eigenvalue weighted by Crippen LogP contribution is -2.23. The lowest BCUT2D eigenvalue weighted by atomic mass is 10.2. The molecule has 0 bridgehead atoms. The van der Waals surface area contributed by atoms with Gasteiger partial charge < -0.3 is 4.57 Å². The van der Waals surface area contributed by atoms with Gasteiger partial charge in [-0.05, 0) is 44.6 Å². The summed E-state index contributed by atoms with van der Waals surface area (Å²) in [5.41, 5.74) is 1.30. The molecule has 2 aromatic rings. The molecule has 0 spiro atoms. The Hall–Kier alpha value is -0.850. The highest BCUT2D eigenvalue weighted by Crippen LogP contribution is 2.27. The summed E-state index contributed by atoms with van der Waals surface area (Å²) in [6.07, 6.45) is 3.36. The van der Waals surface area contributed by atoms with Crippen molar-refractivity contribution in [1.82, 2.24) is 19.7 Å². The van der Waals surface area contributed by atoms with Crippen LogP contribution in [0.4, 0.5) is 0 Å². The van der Waals surface area contributed by atoms with Crippen molar-refractivity contribution in [2.24, 2.45) is 0 Å². The first-order valence-electron chi connectivity index (χ1n) is 8.53. The van der Waals surface area contributed by atoms with Gasteiger partial charge in [-0.1, -0.05) is 60.1 Å². The van der Waals surface area contributed by atoms with Crippen LogP contribution in [0.1, 0.15) is 50.5 Å². The molecule has 1 heterocycles. The molecule has 1 aromatic heterocycles. The molecule has 1 unspecified atom stereocenters. The number of benzene rings is 1. The highest BCUT2D eigenvalue weighted by Gasteiger charge is 2.21. The minimum atomic E-state index is 0.316. The van der Waals surface area contributed by atoms with Crippen molar-refractivity contribution in [3.8, 4) is 0 Å². The van der Waals surface area contributed by atoms with Gasteiger partial charge in [0.2, 0.25) is 0 Å². The predicted molar refractivity (Wildman–Crippen MR) is 105 cm³/mol. The fraction of sp³-hybridized carbons (Fsp3) is 0.556. The number of halogens is 1. The normalized spacial score (nSPS) is 12.8. The topological polar surface area (TPSA) is 34.0 Å². The Labute approximate surface area is 158 Å². The number of hydrogen-bond donors (Lipinski definition) is 0. The molecular weight excluding hydrogens is 384 g/mol. The van der Waals surface area contributed by atoms with Crippen molar-refractivity contribution >= 4 is 27.7 Å². The Morgan fingerprint density at radius 3 is 2.46 bits per heavy atom. The van der Waals surface area contributed by atoms with E-state index in [2.05, 4.69) is 87.8 Å². The summed E-state index contributed by atoms with van der Waals surface area (Å²) in [7, 11) is 4.23. The molecule has 0 saturated carbocycles. The van der Waals surface area contributed by atoms with E-state index in [0.29, 0.717) is 6.04 Å². The van der Waals surface area contributed by atoms with E-state index in [-0.39, 0.29) is 0 Å². The van der Waals surface area contributed by atoms with Crippen molar-refractivity contribution < 1.29 is 0 Å². The van der Waals surface area contributed by atoms with Crippen LogP contribution in [0.3, 0.4) is 0 Å². The summed E-state index contributed by atoms with van der Waals surface area (Å²) in [5, 5.41) is 10.1. The van der Waals surface area contributed by atoms with Crippen LogP contribution in [-0.2, 0) is 12.3 Å². The zero-order chi connectivity index (χ0) is 17.5. The van der Waals surface area contributed by atoms with Crippen LogP contribution in [0.25, 0.3) is 0 Å². The maximum absolute atomic E-state index is 4.53. The minimum Gasteiger partial charge on any atom is -0.305 e. The highest BCUT2D eigenvalue weighted by molar-refractivity contribution is 9.10. The number of thioether (sulfide) groups is 1. The number of aromatic nitrogens is 3. The van der Waals surface area contributed by atoms with Gasteiger partial charge in [0, 0.05) is 16.8 Å². The molecule has 132 valence electrons. The van der Waals surface area contributed by atoms with E-state index in [4.69, 9.17) is 0 Å². The van der Waals surface area contributed by atoms with E-state index < -0.39 is 0 Å². The van der Waals surface area contributed by atoms with Crippen LogP contribution in [0.15, 0.2) is 33.9 Å². The number of hydrogen-bond acceptors (Lipinski definition) is 4. The third kappa shape index (κ3) is 5.07. The van der Waals surface area contributed by atoms with E-state index in [0.717, 1.165) is 40.6 Å². The lowest BCUT2D eigenvalue weighted by molar-refractivity contribution is 0.270. The highest BCUT2D eigenvalue weighted by atomic mass is 79.9. The molecule has 6 heteroatoms. The second-order valence-corrected chi connectivity index (χ2v) is 8.01. The quantitative estimate of drug-likeness (QED) is 0.535. The van der Waals surface area contributed by atoms with Gasteiger partial charge in [-0.15, -0.1) is 10.2 Å². The average molecular weight is 411 g/mol. The summed E-state index contributed by atoms with van der Waals surface area (Å²) >= 11 is 5.26. The van der Waals surface area contributed by atoms with Crippen molar-refractivity contribution in [3.05, 3.63) is 40.1 Å². The maximum atomic E-state index is 4.53. The van der Waals surface area contributed by atoms with E-state index >= 15 is 0 Å². The summed E-state index contributed by atoms with van der Waals surface area (Å²) < 4.78 is 3.43. The van der Waals surface area contributed by atoms with Crippen LogP contribution < -0.4 is 0 Å². The molecule has 0 N–H and O–H groups in total. The van der Waals surface area contributed by atoms with Gasteiger partial charge in [0.1, 0.15) is 0 Å². The van der Waals surface area contributed by atoms with Crippen LogP contribution >= 0.6 is 27.7 Å². The van der Waals surface area contributed by atoms with Gasteiger partial charge in [0.05, 0.1) is 6.04 Å². The Morgan fingerprint density at radius 1 is 1.17 bits per heavy atom. The molecule has 24 heavy (non-hydrogen) atoms. The fourth-order valence-corrected chi connectivity index (χ4v) is 3.88. The van der Waals surface area contributed by atoms with Crippen LogP contribution in [0.2, 0.25) is 0 Å². The Balaban J connectivity index is 2.18. The zero-order valence-corrected chi connectivity index (χ0v) is 17.4. The zero-order valence-electron chi connectivity index (χ0n) is 15.0. The molecule has 0 aliphatic heterocycles. The first kappa shape index (κ1) is 19.5. The van der Waals surface area contributed by atoms with Crippen molar-refractivity contribution in [2.75, 3.05) is 14.1 Å². The van der Waals surface area contributed by atoms with E-state index in [1.807, 2.05) is 0 Å². The van der Waals surface area contributed by atoms with Gasteiger partial charge in [-0.2, -0.15) is 0 Å².